The number of methoxy groups -OCH3 is 1. The van der Waals surface area contributed by atoms with Crippen LogP contribution >= 0.6 is 0 Å². The van der Waals surface area contributed by atoms with Gasteiger partial charge >= 0.3 is 0 Å². The molecular formula is C14H19NO3. The highest BCUT2D eigenvalue weighted by Crippen LogP contribution is 2.22. The standard InChI is InChI=1S/C14H19NO3/c1-11(2)10-17-4-5-18-14-7-12(9-15)6-13(8-14)16-3/h6-8,11H,4-5,10H2,1-3H3. The lowest BCUT2D eigenvalue weighted by atomic mass is 10.2. The topological polar surface area (TPSA) is 51.5 Å². The number of ether oxygens (including phenoxy) is 3. The fourth-order valence-electron chi connectivity index (χ4n) is 1.37. The number of nitriles is 1. The third-order valence-corrected chi connectivity index (χ3v) is 2.19. The molecule has 4 nitrogen and oxygen atoms in total. The van der Waals surface area contributed by atoms with Crippen molar-refractivity contribution in [1.82, 2.24) is 0 Å². The van der Waals surface area contributed by atoms with E-state index in [9.17, 15) is 0 Å². The first-order valence-electron chi connectivity index (χ1n) is 5.95. The molecule has 1 rings (SSSR count). The predicted molar refractivity (Wildman–Crippen MR) is 68.9 cm³/mol. The van der Waals surface area contributed by atoms with Crippen molar-refractivity contribution in [3.63, 3.8) is 0 Å². The smallest absolute Gasteiger partial charge is 0.124 e. The number of nitrogens with zero attached hydrogens (tertiary/aromatic N) is 1. The maximum Gasteiger partial charge on any atom is 0.124 e. The van der Waals surface area contributed by atoms with E-state index in [0.717, 1.165) is 6.61 Å². The lowest BCUT2D eigenvalue weighted by molar-refractivity contribution is 0.0818. The molecule has 0 aromatic heterocycles. The summed E-state index contributed by atoms with van der Waals surface area (Å²) in [6.45, 7) is 5.93. The minimum Gasteiger partial charge on any atom is -0.497 e. The summed E-state index contributed by atoms with van der Waals surface area (Å²) in [5.74, 6) is 1.76. The number of benzene rings is 1. The second-order valence-corrected chi connectivity index (χ2v) is 4.33. The summed E-state index contributed by atoms with van der Waals surface area (Å²) in [5, 5.41) is 8.87. The van der Waals surface area contributed by atoms with Crippen LogP contribution in [-0.2, 0) is 4.74 Å². The molecule has 1 aromatic carbocycles. The maximum atomic E-state index is 8.87. The molecule has 98 valence electrons. The molecule has 0 atom stereocenters. The lowest BCUT2D eigenvalue weighted by Gasteiger charge is -2.10. The van der Waals surface area contributed by atoms with Gasteiger partial charge in [-0.1, -0.05) is 13.8 Å². The fourth-order valence-corrected chi connectivity index (χ4v) is 1.37. The van der Waals surface area contributed by atoms with Crippen LogP contribution in [0.3, 0.4) is 0 Å². The Morgan fingerprint density at radius 1 is 1.17 bits per heavy atom. The van der Waals surface area contributed by atoms with Crippen molar-refractivity contribution in [1.29, 1.82) is 5.26 Å². The minimum absolute atomic E-state index is 0.463. The third-order valence-electron chi connectivity index (χ3n) is 2.19. The molecule has 0 saturated heterocycles. The van der Waals surface area contributed by atoms with Gasteiger partial charge < -0.3 is 14.2 Å². The summed E-state index contributed by atoms with van der Waals surface area (Å²) in [4.78, 5) is 0. The Morgan fingerprint density at radius 3 is 2.50 bits per heavy atom. The molecule has 0 heterocycles. The molecule has 0 spiro atoms. The summed E-state index contributed by atoms with van der Waals surface area (Å²) < 4.78 is 16.0. The van der Waals surface area contributed by atoms with Crippen molar-refractivity contribution in [3.05, 3.63) is 23.8 Å². The van der Waals surface area contributed by atoms with Gasteiger partial charge in [-0.15, -0.1) is 0 Å². The van der Waals surface area contributed by atoms with Gasteiger partial charge in [0.2, 0.25) is 0 Å². The molecule has 0 amide bonds. The van der Waals surface area contributed by atoms with E-state index in [1.807, 2.05) is 0 Å². The third kappa shape index (κ3) is 5.07. The molecular weight excluding hydrogens is 230 g/mol. The molecule has 0 aliphatic heterocycles. The van der Waals surface area contributed by atoms with E-state index < -0.39 is 0 Å². The maximum absolute atomic E-state index is 8.87. The van der Waals surface area contributed by atoms with Gasteiger partial charge in [0.1, 0.15) is 18.1 Å². The second kappa shape index (κ2) is 7.57. The Bertz CT molecular complexity index is 410. The molecule has 1 aromatic rings. The fraction of sp³-hybridized carbons (Fsp3) is 0.500. The SMILES string of the molecule is COc1cc(C#N)cc(OCCOCC(C)C)c1. The monoisotopic (exact) mass is 249 g/mol. The average molecular weight is 249 g/mol. The Morgan fingerprint density at radius 2 is 1.89 bits per heavy atom. The highest BCUT2D eigenvalue weighted by molar-refractivity contribution is 5.43. The van der Waals surface area contributed by atoms with E-state index in [0.29, 0.717) is 36.2 Å². The van der Waals surface area contributed by atoms with Gasteiger partial charge in [0.05, 0.1) is 25.3 Å². The van der Waals surface area contributed by atoms with Gasteiger partial charge in [0.25, 0.3) is 0 Å². The van der Waals surface area contributed by atoms with Crippen LogP contribution in [0.4, 0.5) is 0 Å². The summed E-state index contributed by atoms with van der Waals surface area (Å²) >= 11 is 0. The molecule has 0 N–H and O–H groups in total. The van der Waals surface area contributed by atoms with Crippen molar-refractivity contribution in [2.45, 2.75) is 13.8 Å². The Kier molecular flexibility index (Phi) is 6.03. The number of hydrogen-bond acceptors (Lipinski definition) is 4. The van der Waals surface area contributed by atoms with Crippen molar-refractivity contribution in [3.8, 4) is 17.6 Å². The van der Waals surface area contributed by atoms with Crippen LogP contribution in [0, 0.1) is 17.2 Å². The molecule has 0 saturated carbocycles. The Hall–Kier alpha value is -1.73. The quantitative estimate of drug-likeness (QED) is 0.697. The van der Waals surface area contributed by atoms with E-state index in [-0.39, 0.29) is 0 Å². The normalized spacial score (nSPS) is 10.2. The van der Waals surface area contributed by atoms with Crippen LogP contribution in [0.2, 0.25) is 0 Å². The first-order valence-corrected chi connectivity index (χ1v) is 5.95. The molecule has 0 aliphatic carbocycles. The van der Waals surface area contributed by atoms with Crippen LogP contribution in [0.25, 0.3) is 0 Å². The molecule has 0 radical (unpaired) electrons. The zero-order chi connectivity index (χ0) is 13.4. The van der Waals surface area contributed by atoms with Crippen LogP contribution in [0.1, 0.15) is 19.4 Å². The number of hydrogen-bond donors (Lipinski definition) is 0. The summed E-state index contributed by atoms with van der Waals surface area (Å²) in [5.41, 5.74) is 0.521. The van der Waals surface area contributed by atoms with Crippen LogP contribution in [-0.4, -0.2) is 26.9 Å². The lowest BCUT2D eigenvalue weighted by Crippen LogP contribution is -2.10. The first-order chi connectivity index (χ1) is 8.65. The van der Waals surface area contributed by atoms with Crippen LogP contribution in [0.15, 0.2) is 18.2 Å². The largest absolute Gasteiger partial charge is 0.497 e. The second-order valence-electron chi connectivity index (χ2n) is 4.33. The highest BCUT2D eigenvalue weighted by atomic mass is 16.5. The van der Waals surface area contributed by atoms with Gasteiger partial charge in [0, 0.05) is 12.7 Å². The summed E-state index contributed by atoms with van der Waals surface area (Å²) in [6, 6.07) is 7.17. The van der Waals surface area contributed by atoms with Crippen molar-refractivity contribution in [2.75, 3.05) is 26.9 Å². The average Bonchev–Trinajstić information content (AvgIpc) is 2.37. The summed E-state index contributed by atoms with van der Waals surface area (Å²) in [7, 11) is 1.56. The van der Waals surface area contributed by atoms with Gasteiger partial charge in [-0.2, -0.15) is 5.26 Å². The molecule has 0 fully saturated rings. The van der Waals surface area contributed by atoms with E-state index in [2.05, 4.69) is 19.9 Å². The predicted octanol–water partition coefficient (Wildman–Crippen LogP) is 2.62. The Balaban J connectivity index is 2.44. The van der Waals surface area contributed by atoms with Crippen LogP contribution < -0.4 is 9.47 Å². The van der Waals surface area contributed by atoms with Crippen molar-refractivity contribution < 1.29 is 14.2 Å². The highest BCUT2D eigenvalue weighted by Gasteiger charge is 2.02. The van der Waals surface area contributed by atoms with E-state index >= 15 is 0 Å². The van der Waals surface area contributed by atoms with E-state index in [1.54, 1.807) is 25.3 Å². The van der Waals surface area contributed by atoms with Gasteiger partial charge in [0.15, 0.2) is 0 Å². The zero-order valence-electron chi connectivity index (χ0n) is 11.1. The van der Waals surface area contributed by atoms with Crippen molar-refractivity contribution in [2.24, 2.45) is 5.92 Å². The van der Waals surface area contributed by atoms with Gasteiger partial charge in [-0.25, -0.2) is 0 Å². The zero-order valence-corrected chi connectivity index (χ0v) is 11.1. The van der Waals surface area contributed by atoms with Gasteiger partial charge in [-0.3, -0.25) is 0 Å². The Labute approximate surface area is 108 Å². The summed E-state index contributed by atoms with van der Waals surface area (Å²) in [6.07, 6.45) is 0. The minimum atomic E-state index is 0.463. The van der Waals surface area contributed by atoms with E-state index in [4.69, 9.17) is 19.5 Å². The molecule has 18 heavy (non-hydrogen) atoms. The molecule has 0 unspecified atom stereocenters. The molecule has 0 bridgehead atoms. The van der Waals surface area contributed by atoms with Crippen molar-refractivity contribution >= 4 is 0 Å². The molecule has 0 aliphatic rings. The first kappa shape index (κ1) is 14.3. The van der Waals surface area contributed by atoms with E-state index in [1.165, 1.54) is 0 Å². The molecule has 4 heteroatoms. The van der Waals surface area contributed by atoms with Gasteiger partial charge in [-0.05, 0) is 18.1 Å². The number of rotatable bonds is 7. The van der Waals surface area contributed by atoms with Crippen LogP contribution in [0.5, 0.6) is 11.5 Å².